The maximum absolute atomic E-state index is 10.4. The van der Waals surface area contributed by atoms with Crippen LogP contribution in [0.1, 0.15) is 6.92 Å². The Labute approximate surface area is 64.2 Å². The Morgan fingerprint density at radius 2 is 2.45 bits per heavy atom. The van der Waals surface area contributed by atoms with E-state index in [0.29, 0.717) is 0 Å². The van der Waals surface area contributed by atoms with Crippen LogP contribution in [0.3, 0.4) is 0 Å². The highest BCUT2D eigenvalue weighted by molar-refractivity contribution is 5.73. The van der Waals surface area contributed by atoms with Crippen molar-refractivity contribution in [2.24, 2.45) is 0 Å². The molecule has 0 saturated heterocycles. The molecule has 1 unspecified atom stereocenters. The highest BCUT2D eigenvalue weighted by atomic mass is 16.6. The Kier molecular flexibility index (Phi) is 3.87. The largest absolute Gasteiger partial charge is 0.344 e. The van der Waals surface area contributed by atoms with Crippen molar-refractivity contribution in [3.63, 3.8) is 0 Å². The number of hydrogen-bond acceptors (Lipinski definition) is 3. The van der Waals surface area contributed by atoms with Gasteiger partial charge >= 0.3 is 0 Å². The molecule has 0 aromatic carbocycles. The van der Waals surface area contributed by atoms with Crippen LogP contribution in [0.15, 0.2) is 12.7 Å². The number of nitrogens with one attached hydrogen (secondary N) is 1. The first-order chi connectivity index (χ1) is 5.06. The zero-order chi connectivity index (χ0) is 8.85. The fourth-order valence-electron chi connectivity index (χ4n) is 0.601. The van der Waals surface area contributed by atoms with Gasteiger partial charge in [-0.15, -0.1) is 6.58 Å². The van der Waals surface area contributed by atoms with Crippen LogP contribution in [-0.4, -0.2) is 23.4 Å². The fraction of sp³-hybridized carbons (Fsp3) is 0.500. The molecule has 0 rings (SSSR count). The number of hydrogen-bond donors (Lipinski definition) is 1. The summed E-state index contributed by atoms with van der Waals surface area (Å²) in [5.41, 5.74) is 0. The van der Waals surface area contributed by atoms with Crippen LogP contribution in [0.5, 0.6) is 0 Å². The third-order valence-electron chi connectivity index (χ3n) is 1.02. The van der Waals surface area contributed by atoms with E-state index in [1.165, 1.54) is 13.0 Å². The van der Waals surface area contributed by atoms with Gasteiger partial charge in [0.25, 0.3) is 0 Å². The van der Waals surface area contributed by atoms with E-state index >= 15 is 0 Å². The third-order valence-corrected chi connectivity index (χ3v) is 1.02. The number of nitro groups is 1. The van der Waals surface area contributed by atoms with Crippen LogP contribution in [0, 0.1) is 10.1 Å². The molecule has 5 nitrogen and oxygen atoms in total. The van der Waals surface area contributed by atoms with Crippen LogP contribution < -0.4 is 5.32 Å². The standard InChI is InChI=1S/C6H10N2O3/c1-3-6(4-8(10)11)7-5(2)9/h3,6H,1,4H2,2H3,(H,7,9). The van der Waals surface area contributed by atoms with Crippen molar-refractivity contribution in [3.8, 4) is 0 Å². The second-order valence-corrected chi connectivity index (χ2v) is 2.06. The quantitative estimate of drug-likeness (QED) is 0.354. The molecule has 0 aromatic heterocycles. The van der Waals surface area contributed by atoms with Gasteiger partial charge in [-0.05, 0) is 0 Å². The molecule has 0 bridgehead atoms. The molecular weight excluding hydrogens is 148 g/mol. The molecular formula is C6H10N2O3. The number of amides is 1. The van der Waals surface area contributed by atoms with Crippen molar-refractivity contribution >= 4 is 5.91 Å². The Balaban J connectivity index is 3.85. The maximum atomic E-state index is 10.4. The lowest BCUT2D eigenvalue weighted by Crippen LogP contribution is -2.36. The van der Waals surface area contributed by atoms with Crippen LogP contribution >= 0.6 is 0 Å². The normalized spacial score (nSPS) is 11.7. The molecule has 0 aliphatic rings. The molecule has 0 aliphatic heterocycles. The first-order valence-electron chi connectivity index (χ1n) is 3.07. The minimum Gasteiger partial charge on any atom is -0.344 e. The van der Waals surface area contributed by atoms with E-state index in [1.54, 1.807) is 0 Å². The highest BCUT2D eigenvalue weighted by Crippen LogP contribution is 1.85. The van der Waals surface area contributed by atoms with Gasteiger partial charge in [-0.3, -0.25) is 14.9 Å². The molecule has 1 atom stereocenters. The monoisotopic (exact) mass is 158 g/mol. The Morgan fingerprint density at radius 3 is 2.73 bits per heavy atom. The molecule has 0 spiro atoms. The molecule has 0 radical (unpaired) electrons. The van der Waals surface area contributed by atoms with Gasteiger partial charge in [0.15, 0.2) is 0 Å². The number of carbonyl (C=O) groups is 1. The van der Waals surface area contributed by atoms with Crippen molar-refractivity contribution in [1.29, 1.82) is 0 Å². The summed E-state index contributed by atoms with van der Waals surface area (Å²) in [6, 6.07) is -0.567. The van der Waals surface area contributed by atoms with Gasteiger partial charge < -0.3 is 5.32 Å². The lowest BCUT2D eigenvalue weighted by Gasteiger charge is -2.06. The predicted molar refractivity (Wildman–Crippen MR) is 39.7 cm³/mol. The summed E-state index contributed by atoms with van der Waals surface area (Å²) in [7, 11) is 0. The van der Waals surface area contributed by atoms with Gasteiger partial charge in [-0.25, -0.2) is 0 Å². The minimum absolute atomic E-state index is 0.295. The zero-order valence-electron chi connectivity index (χ0n) is 6.24. The number of carbonyl (C=O) groups excluding carboxylic acids is 1. The van der Waals surface area contributed by atoms with Crippen LogP contribution in [0.2, 0.25) is 0 Å². The average Bonchev–Trinajstić information content (AvgIpc) is 1.84. The van der Waals surface area contributed by atoms with E-state index < -0.39 is 11.0 Å². The molecule has 1 amide bonds. The molecule has 0 aromatic rings. The summed E-state index contributed by atoms with van der Waals surface area (Å²) in [5, 5.41) is 12.3. The topological polar surface area (TPSA) is 72.2 Å². The average molecular weight is 158 g/mol. The lowest BCUT2D eigenvalue weighted by atomic mass is 10.3. The molecule has 0 saturated carbocycles. The van der Waals surface area contributed by atoms with E-state index in [4.69, 9.17) is 0 Å². The van der Waals surface area contributed by atoms with Crippen LogP contribution in [-0.2, 0) is 4.79 Å². The van der Waals surface area contributed by atoms with Crippen molar-refractivity contribution in [3.05, 3.63) is 22.8 Å². The maximum Gasteiger partial charge on any atom is 0.227 e. The fourth-order valence-corrected chi connectivity index (χ4v) is 0.601. The van der Waals surface area contributed by atoms with Crippen molar-refractivity contribution < 1.29 is 9.72 Å². The van der Waals surface area contributed by atoms with Crippen molar-refractivity contribution in [2.75, 3.05) is 6.54 Å². The molecule has 0 heterocycles. The number of rotatable bonds is 4. The Hall–Kier alpha value is -1.39. The second kappa shape index (κ2) is 4.43. The van der Waals surface area contributed by atoms with E-state index in [9.17, 15) is 14.9 Å². The molecule has 5 heteroatoms. The predicted octanol–water partition coefficient (Wildman–Crippen LogP) is -0.0462. The summed E-state index contributed by atoms with van der Waals surface area (Å²) in [5.74, 6) is -0.295. The smallest absolute Gasteiger partial charge is 0.227 e. The van der Waals surface area contributed by atoms with Gasteiger partial charge in [0.2, 0.25) is 12.5 Å². The first-order valence-corrected chi connectivity index (χ1v) is 3.07. The summed E-state index contributed by atoms with van der Waals surface area (Å²) in [4.78, 5) is 19.9. The zero-order valence-corrected chi connectivity index (χ0v) is 6.24. The lowest BCUT2D eigenvalue weighted by molar-refractivity contribution is -0.481. The molecule has 1 N–H and O–H groups in total. The van der Waals surface area contributed by atoms with E-state index in [1.807, 2.05) is 0 Å². The Bertz CT molecular complexity index is 163. The van der Waals surface area contributed by atoms with Crippen molar-refractivity contribution in [1.82, 2.24) is 5.32 Å². The molecule has 62 valence electrons. The molecule has 0 fully saturated rings. The summed E-state index contributed by atoms with van der Waals surface area (Å²) in [6.45, 7) is 4.33. The highest BCUT2D eigenvalue weighted by Gasteiger charge is 2.10. The van der Waals surface area contributed by atoms with Crippen LogP contribution in [0.4, 0.5) is 0 Å². The minimum atomic E-state index is -0.567. The SMILES string of the molecule is C=CC(C[N+](=O)[O-])NC(C)=O. The second-order valence-electron chi connectivity index (χ2n) is 2.06. The van der Waals surface area contributed by atoms with E-state index in [2.05, 4.69) is 11.9 Å². The van der Waals surface area contributed by atoms with Gasteiger partial charge in [-0.2, -0.15) is 0 Å². The number of nitrogens with zero attached hydrogens (tertiary/aromatic N) is 1. The molecule has 0 aliphatic carbocycles. The van der Waals surface area contributed by atoms with E-state index in [-0.39, 0.29) is 12.5 Å². The summed E-state index contributed by atoms with van der Waals surface area (Å²) < 4.78 is 0. The van der Waals surface area contributed by atoms with Gasteiger partial charge in [0, 0.05) is 11.8 Å². The van der Waals surface area contributed by atoms with Crippen molar-refractivity contribution in [2.45, 2.75) is 13.0 Å². The van der Waals surface area contributed by atoms with E-state index in [0.717, 1.165) is 0 Å². The van der Waals surface area contributed by atoms with Crippen LogP contribution in [0.25, 0.3) is 0 Å². The first kappa shape index (κ1) is 9.61. The molecule has 11 heavy (non-hydrogen) atoms. The Morgan fingerprint density at radius 1 is 1.91 bits per heavy atom. The third kappa shape index (κ3) is 5.07. The van der Waals surface area contributed by atoms with Gasteiger partial charge in [-0.1, -0.05) is 6.08 Å². The summed E-state index contributed by atoms with van der Waals surface area (Å²) >= 11 is 0. The summed E-state index contributed by atoms with van der Waals surface area (Å²) in [6.07, 6.45) is 1.34. The van der Waals surface area contributed by atoms with Gasteiger partial charge in [0.05, 0.1) is 0 Å². The van der Waals surface area contributed by atoms with Gasteiger partial charge in [0.1, 0.15) is 6.04 Å².